The molecule has 0 aliphatic carbocycles. The van der Waals surface area contributed by atoms with Gasteiger partial charge in [0.2, 0.25) is 11.9 Å². The fraction of sp³-hybridized carbons (Fsp3) is 0.500. The van der Waals surface area contributed by atoms with Gasteiger partial charge in [0.15, 0.2) is 39.5 Å². The fourth-order valence-corrected chi connectivity index (χ4v) is 7.90. The van der Waals surface area contributed by atoms with E-state index < -0.39 is 89.1 Å². The lowest BCUT2D eigenvalue weighted by Crippen LogP contribution is -2.40. The van der Waals surface area contributed by atoms with Crippen LogP contribution in [0.1, 0.15) is 12.5 Å². The SMILES string of the molecule is Nc1nc2c(ncn2[C@@H]2O[C@@H]3COP(=O)([O-])O[C@H]4[C@@H](O)[C@H](n5c(Br)nc6c(=O)[nH]c(N)nc65)O[C@@H]4COP(=O)(O)O[C@H]3[C@H]2O)c(=O)[nH]1. The van der Waals surface area contributed by atoms with Crippen LogP contribution < -0.4 is 27.5 Å². The normalized spacial score (nSPS) is 36.6. The zero-order valence-electron chi connectivity index (χ0n) is 23.1. The number of nitrogens with two attached hydrogens (primary N) is 2. The number of fused-ring (bicyclic) bond motifs is 4. The van der Waals surface area contributed by atoms with Crippen LogP contribution in [0.25, 0.3) is 22.3 Å². The number of hydrogen-bond acceptors (Lipinski definition) is 19. The van der Waals surface area contributed by atoms with Crippen molar-refractivity contribution < 1.29 is 56.7 Å². The Morgan fingerprint density at radius 2 is 1.47 bits per heavy atom. The lowest BCUT2D eigenvalue weighted by molar-refractivity contribution is -0.236. The van der Waals surface area contributed by atoms with E-state index in [0.717, 1.165) is 15.5 Å². The Labute approximate surface area is 266 Å². The van der Waals surface area contributed by atoms with Crippen LogP contribution >= 0.6 is 31.6 Å². The second-order valence-electron chi connectivity index (χ2n) is 10.4. The molecule has 9 N–H and O–H groups in total. The van der Waals surface area contributed by atoms with Crippen molar-refractivity contribution in [2.24, 2.45) is 0 Å². The number of aromatic nitrogens is 8. The minimum absolute atomic E-state index is 0.0854. The number of phosphoric acid groups is 2. The van der Waals surface area contributed by atoms with Crippen molar-refractivity contribution in [1.29, 1.82) is 0 Å². The highest BCUT2D eigenvalue weighted by molar-refractivity contribution is 9.10. The number of halogens is 1. The maximum atomic E-state index is 13.1. The molecular formula is C20H22BrN10O14P2-. The van der Waals surface area contributed by atoms with Crippen molar-refractivity contribution in [3.05, 3.63) is 31.8 Å². The topological polar surface area (TPSA) is 352 Å². The lowest BCUT2D eigenvalue weighted by Gasteiger charge is -2.32. The maximum Gasteiger partial charge on any atom is 0.472 e. The van der Waals surface area contributed by atoms with Gasteiger partial charge < -0.3 is 50.0 Å². The maximum absolute atomic E-state index is 13.1. The van der Waals surface area contributed by atoms with Gasteiger partial charge in [0.1, 0.15) is 36.6 Å². The number of nitrogens with zero attached hydrogens (tertiary/aromatic N) is 6. The van der Waals surface area contributed by atoms with Crippen molar-refractivity contribution in [2.75, 3.05) is 24.7 Å². The molecule has 10 atom stereocenters. The van der Waals surface area contributed by atoms with E-state index in [-0.39, 0.29) is 39.0 Å². The Kier molecular flexibility index (Phi) is 7.91. The number of imidazole rings is 2. The zero-order chi connectivity index (χ0) is 33.6. The average molecular weight is 768 g/mol. The molecule has 3 aliphatic rings. The third-order valence-corrected chi connectivity index (χ3v) is 9.94. The van der Waals surface area contributed by atoms with Gasteiger partial charge in [0, 0.05) is 0 Å². The molecule has 0 aromatic carbocycles. The van der Waals surface area contributed by atoms with E-state index in [4.69, 9.17) is 39.0 Å². The number of anilines is 2. The molecule has 24 nitrogen and oxygen atoms in total. The minimum atomic E-state index is -5.37. The molecule has 0 spiro atoms. The number of nitrogen functional groups attached to an aromatic ring is 2. The van der Waals surface area contributed by atoms with Crippen LogP contribution in [0.4, 0.5) is 11.9 Å². The van der Waals surface area contributed by atoms with E-state index in [9.17, 15) is 38.7 Å². The number of hydrogen-bond donors (Lipinski definition) is 7. The molecule has 0 radical (unpaired) electrons. The van der Waals surface area contributed by atoms with Crippen molar-refractivity contribution in [3.8, 4) is 0 Å². The number of H-pyrrole nitrogens is 2. The van der Waals surface area contributed by atoms with Crippen molar-refractivity contribution in [3.63, 3.8) is 0 Å². The van der Waals surface area contributed by atoms with E-state index in [1.807, 2.05) is 0 Å². The van der Waals surface area contributed by atoms with E-state index >= 15 is 0 Å². The summed E-state index contributed by atoms with van der Waals surface area (Å²) in [4.78, 5) is 68.6. The Morgan fingerprint density at radius 1 is 0.894 bits per heavy atom. The average Bonchev–Trinajstić information content (AvgIpc) is 3.70. The highest BCUT2D eigenvalue weighted by Gasteiger charge is 2.53. The molecule has 3 aliphatic heterocycles. The summed E-state index contributed by atoms with van der Waals surface area (Å²) in [5.41, 5.74) is 9.14. The van der Waals surface area contributed by atoms with Crippen molar-refractivity contribution >= 4 is 65.8 Å². The number of aliphatic hydroxyl groups is 2. The molecule has 4 aromatic rings. The molecule has 3 saturated heterocycles. The van der Waals surface area contributed by atoms with Crippen LogP contribution in [-0.2, 0) is 36.7 Å². The zero-order valence-corrected chi connectivity index (χ0v) is 26.4. The number of ether oxygens (including phenoxy) is 2. The van der Waals surface area contributed by atoms with Gasteiger partial charge >= 0.3 is 7.82 Å². The van der Waals surface area contributed by atoms with Crippen molar-refractivity contribution in [2.45, 2.75) is 49.1 Å². The summed E-state index contributed by atoms with van der Waals surface area (Å²) in [6.07, 6.45) is -12.4. The molecular weight excluding hydrogens is 746 g/mol. The molecule has 7 rings (SSSR count). The fourth-order valence-electron chi connectivity index (χ4n) is 5.44. The Bertz CT molecular complexity index is 2110. The van der Waals surface area contributed by atoms with Crippen LogP contribution in [0, 0.1) is 0 Å². The molecule has 47 heavy (non-hydrogen) atoms. The number of nitrogens with one attached hydrogen (secondary N) is 2. The van der Waals surface area contributed by atoms with Gasteiger partial charge in [-0.2, -0.15) is 9.97 Å². The number of aliphatic hydroxyl groups excluding tert-OH is 2. The quantitative estimate of drug-likeness (QED) is 0.0793. The summed E-state index contributed by atoms with van der Waals surface area (Å²) in [7, 11) is -10.5. The molecule has 0 amide bonds. The first kappa shape index (κ1) is 32.4. The smallest absolute Gasteiger partial charge is 0.472 e. The van der Waals surface area contributed by atoms with Crippen LogP contribution in [0.2, 0.25) is 0 Å². The van der Waals surface area contributed by atoms with Crippen LogP contribution in [0.15, 0.2) is 20.7 Å². The van der Waals surface area contributed by atoms with Gasteiger partial charge in [0.25, 0.3) is 18.9 Å². The van der Waals surface area contributed by atoms with Crippen molar-refractivity contribution in [1.82, 2.24) is 39.0 Å². The predicted octanol–water partition coefficient (Wildman–Crippen LogP) is -2.92. The molecule has 3 fully saturated rings. The van der Waals surface area contributed by atoms with Crippen LogP contribution in [0.5, 0.6) is 0 Å². The van der Waals surface area contributed by atoms with Gasteiger partial charge in [-0.25, -0.2) is 14.5 Å². The van der Waals surface area contributed by atoms with Gasteiger partial charge in [-0.3, -0.25) is 42.3 Å². The lowest BCUT2D eigenvalue weighted by atomic mass is 10.1. The first-order valence-corrected chi connectivity index (χ1v) is 17.0. The largest absolute Gasteiger partial charge is 0.756 e. The van der Waals surface area contributed by atoms with Gasteiger partial charge in [-0.05, 0) is 15.9 Å². The highest BCUT2D eigenvalue weighted by atomic mass is 79.9. The molecule has 2 unspecified atom stereocenters. The summed E-state index contributed by atoms with van der Waals surface area (Å²) in [5.74, 6) is -0.599. The van der Waals surface area contributed by atoms with Gasteiger partial charge in [-0.1, -0.05) is 0 Å². The standard InChI is InChI=1S/C20H23BrN10O14P2/c21-18-25-7-13(27-20(23)29-15(7)35)31(18)17-9(33)11-5(43-17)2-41-46(36,37)44-10-4(1-40-47(38,39)45-11)42-16(8(10)32)30-3-24-6-12(30)26-19(22)28-14(6)34/h3-5,8-11,16-17,32-33H,1-2H2,(H,36,37)(H,38,39)(H3,22,26,28,34)(H3,23,27,29,35)/p-1/t4-,5-,8-,9-,10-,11-,16-,17-/m1/s1. The molecule has 0 bridgehead atoms. The first-order chi connectivity index (χ1) is 22.1. The summed E-state index contributed by atoms with van der Waals surface area (Å²) >= 11 is 3.13. The summed E-state index contributed by atoms with van der Waals surface area (Å²) in [6, 6.07) is 0. The molecule has 4 aromatic heterocycles. The monoisotopic (exact) mass is 767 g/mol. The second-order valence-corrected chi connectivity index (χ2v) is 13.9. The molecule has 27 heteroatoms. The number of rotatable bonds is 2. The summed E-state index contributed by atoms with van der Waals surface area (Å²) < 4.78 is 60.2. The molecule has 7 heterocycles. The third-order valence-electron chi connectivity index (χ3n) is 7.43. The predicted molar refractivity (Wildman–Crippen MR) is 152 cm³/mol. The number of aromatic amines is 2. The minimum Gasteiger partial charge on any atom is -0.756 e. The van der Waals surface area contributed by atoms with E-state index in [1.54, 1.807) is 0 Å². The van der Waals surface area contributed by atoms with Gasteiger partial charge in [0.05, 0.1) is 19.5 Å². The van der Waals surface area contributed by atoms with E-state index in [0.29, 0.717) is 0 Å². The van der Waals surface area contributed by atoms with Gasteiger partial charge in [-0.15, -0.1) is 0 Å². The number of phosphoric ester groups is 2. The van der Waals surface area contributed by atoms with E-state index in [2.05, 4.69) is 45.8 Å². The van der Waals surface area contributed by atoms with E-state index in [1.165, 1.54) is 0 Å². The summed E-state index contributed by atoms with van der Waals surface area (Å²) in [6.45, 7) is -1.86. The molecule has 254 valence electrons. The Balaban J connectivity index is 1.19. The highest BCUT2D eigenvalue weighted by Crippen LogP contribution is 2.52. The van der Waals surface area contributed by atoms with Crippen LogP contribution in [-0.4, -0.2) is 104 Å². The van der Waals surface area contributed by atoms with Crippen LogP contribution in [0.3, 0.4) is 0 Å². The Morgan fingerprint density at radius 3 is 2.17 bits per heavy atom. The Hall–Kier alpha value is -3.16. The second kappa shape index (κ2) is 11.5. The third kappa shape index (κ3) is 5.71. The first-order valence-electron chi connectivity index (χ1n) is 13.2. The summed E-state index contributed by atoms with van der Waals surface area (Å²) in [5, 5.41) is 22.3. The molecule has 0 saturated carbocycles.